The van der Waals surface area contributed by atoms with Crippen LogP contribution in [0.25, 0.3) is 0 Å². The second-order valence-electron chi connectivity index (χ2n) is 7.88. The van der Waals surface area contributed by atoms with Crippen LogP contribution in [-0.4, -0.2) is 48.8 Å². The molecule has 1 rings (SSSR count). The third kappa shape index (κ3) is 8.03. The van der Waals surface area contributed by atoms with E-state index in [0.29, 0.717) is 0 Å². The summed E-state index contributed by atoms with van der Waals surface area (Å²) in [5.41, 5.74) is -1.81. The minimum atomic E-state index is -2.17. The van der Waals surface area contributed by atoms with Gasteiger partial charge >= 0.3 is 12.1 Å². The summed E-state index contributed by atoms with van der Waals surface area (Å²) < 4.78 is 30.4. The molecule has 8 heteroatoms. The molecule has 0 radical (unpaired) electrons. The van der Waals surface area contributed by atoms with E-state index >= 15 is 0 Å². The Hall–Kier alpha value is -3.21. The minimum absolute atomic E-state index is 0.172. The van der Waals surface area contributed by atoms with Crippen LogP contribution in [0.1, 0.15) is 54.6 Å². The van der Waals surface area contributed by atoms with Crippen LogP contribution in [0.15, 0.2) is 24.3 Å². The molecule has 164 valence electrons. The Morgan fingerprint density at radius 3 is 2.23 bits per heavy atom. The highest BCUT2D eigenvalue weighted by atomic mass is 16.6. The van der Waals surface area contributed by atoms with E-state index in [9.17, 15) is 14.4 Å². The van der Waals surface area contributed by atoms with E-state index < -0.39 is 41.7 Å². The van der Waals surface area contributed by atoms with E-state index in [0.717, 1.165) is 0 Å². The number of benzene rings is 1. The lowest BCUT2D eigenvalue weighted by atomic mass is 9.94. The first-order valence-corrected chi connectivity index (χ1v) is 9.23. The molecule has 8 nitrogen and oxygen atoms in total. The molecule has 0 unspecified atom stereocenters. The highest BCUT2D eigenvalue weighted by Crippen LogP contribution is 2.16. The van der Waals surface area contributed by atoms with E-state index in [1.807, 2.05) is 0 Å². The van der Waals surface area contributed by atoms with Crippen molar-refractivity contribution >= 4 is 18.0 Å². The van der Waals surface area contributed by atoms with Crippen molar-refractivity contribution < 1.29 is 31.3 Å². The maximum absolute atomic E-state index is 12.7. The normalized spacial score (nSPS) is 13.4. The maximum atomic E-state index is 12.7. The number of alkyl carbamates (subject to hydrolysis) is 1. The van der Waals surface area contributed by atoms with Gasteiger partial charge in [-0.25, -0.2) is 9.59 Å². The van der Waals surface area contributed by atoms with Gasteiger partial charge in [0.15, 0.2) is 0 Å². The number of hydrogen-bond acceptors (Lipinski definition) is 6. The van der Waals surface area contributed by atoms with E-state index in [1.54, 1.807) is 34.6 Å². The summed E-state index contributed by atoms with van der Waals surface area (Å²) in [5.74, 6) is 3.53. The van der Waals surface area contributed by atoms with Crippen LogP contribution in [0, 0.1) is 11.8 Å². The lowest BCUT2D eigenvalue weighted by Crippen LogP contribution is -2.62. The van der Waals surface area contributed by atoms with Crippen molar-refractivity contribution in [3.05, 3.63) is 29.8 Å². The highest BCUT2D eigenvalue weighted by molar-refractivity contribution is 5.97. The molecule has 2 N–H and O–H groups in total. The fourth-order valence-corrected chi connectivity index (χ4v) is 2.31. The molecule has 0 heterocycles. The van der Waals surface area contributed by atoms with Crippen LogP contribution >= 0.6 is 0 Å². The number of ether oxygens (including phenoxy) is 3. The largest absolute Gasteiger partial charge is 0.481 e. The lowest BCUT2D eigenvalue weighted by molar-refractivity contribution is -0.144. The van der Waals surface area contributed by atoms with E-state index in [2.05, 4.69) is 22.5 Å². The summed E-state index contributed by atoms with van der Waals surface area (Å²) in [6.45, 7) is 7.52. The first kappa shape index (κ1) is 21.5. The fraction of sp³-hybridized carbons (Fsp3) is 0.500. The summed E-state index contributed by atoms with van der Waals surface area (Å²) in [5, 5.41) is 5.14. The van der Waals surface area contributed by atoms with Crippen molar-refractivity contribution in [1.82, 2.24) is 10.6 Å². The van der Waals surface area contributed by atoms with Gasteiger partial charge in [-0.3, -0.25) is 4.79 Å². The molecule has 1 atom stereocenters. The molecule has 0 saturated carbocycles. The fourth-order valence-electron chi connectivity index (χ4n) is 2.31. The van der Waals surface area contributed by atoms with Crippen molar-refractivity contribution in [2.45, 2.75) is 58.7 Å². The zero-order valence-corrected chi connectivity index (χ0v) is 18.3. The Balaban J connectivity index is 2.99. The average molecular weight is 421 g/mol. The molecule has 0 aliphatic heterocycles. The zero-order chi connectivity index (χ0) is 24.7. The van der Waals surface area contributed by atoms with Crippen molar-refractivity contribution in [2.24, 2.45) is 0 Å². The molecule has 0 spiro atoms. The molecule has 0 aromatic heterocycles. The monoisotopic (exact) mass is 420 g/mol. The van der Waals surface area contributed by atoms with Crippen LogP contribution in [0.5, 0.6) is 5.75 Å². The van der Waals surface area contributed by atoms with Gasteiger partial charge in [0, 0.05) is 5.56 Å². The van der Waals surface area contributed by atoms with E-state index in [1.165, 1.54) is 38.3 Å². The number of rotatable bonds is 7. The average Bonchev–Trinajstić information content (AvgIpc) is 2.63. The Kier molecular flexibility index (Phi) is 7.55. The Bertz CT molecular complexity index is 896. The standard InChI is InChI=1S/C22H30N2O6/c1-8-9-14-29-16-12-10-15(11-13-16)18(25)23-17(19(26)28-7)22(5,6)24-20(27)30-21(2,3)4/h10-13,17H,14H2,1-7H3,(H,23,25)(H,24,27)/t17-/m1/s1/i14D2. The third-order valence-electron chi connectivity index (χ3n) is 3.72. The number of carbonyl (C=O) groups excluding carboxylic acids is 3. The quantitative estimate of drug-likeness (QED) is 0.519. The zero-order valence-electron chi connectivity index (χ0n) is 20.3. The van der Waals surface area contributed by atoms with Gasteiger partial charge in [0.2, 0.25) is 0 Å². The van der Waals surface area contributed by atoms with Gasteiger partial charge in [-0.1, -0.05) is 5.92 Å². The van der Waals surface area contributed by atoms with Crippen molar-refractivity contribution in [2.75, 3.05) is 13.7 Å². The molecule has 0 aliphatic carbocycles. The smallest absolute Gasteiger partial charge is 0.408 e. The summed E-state index contributed by atoms with van der Waals surface area (Å²) in [6, 6.07) is 4.39. The van der Waals surface area contributed by atoms with Crippen LogP contribution in [0.4, 0.5) is 4.79 Å². The number of amides is 2. The summed E-state index contributed by atoms with van der Waals surface area (Å²) in [7, 11) is 1.17. The van der Waals surface area contributed by atoms with Gasteiger partial charge in [0.05, 0.1) is 15.4 Å². The van der Waals surface area contributed by atoms with Gasteiger partial charge in [-0.15, -0.1) is 5.92 Å². The number of methoxy groups -OCH3 is 1. The number of hydrogen-bond donors (Lipinski definition) is 2. The minimum Gasteiger partial charge on any atom is -0.481 e. The molecule has 2 amide bonds. The Labute approximate surface area is 180 Å². The van der Waals surface area contributed by atoms with Gasteiger partial charge in [0.1, 0.15) is 24.0 Å². The number of esters is 1. The Morgan fingerprint density at radius 2 is 1.73 bits per heavy atom. The third-order valence-corrected chi connectivity index (χ3v) is 3.72. The van der Waals surface area contributed by atoms with E-state index in [4.69, 9.17) is 17.0 Å². The first-order chi connectivity index (χ1) is 14.6. The first-order valence-electron chi connectivity index (χ1n) is 10.2. The molecule has 0 fully saturated rings. The predicted octanol–water partition coefficient (Wildman–Crippen LogP) is 2.66. The predicted molar refractivity (Wildman–Crippen MR) is 112 cm³/mol. The summed E-state index contributed by atoms with van der Waals surface area (Å²) in [6.07, 6.45) is -0.753. The van der Waals surface area contributed by atoms with Gasteiger partial charge in [-0.05, 0) is 65.8 Å². The SMILES string of the molecule is [2H]C([2H])(C#CC)Oc1ccc(C(=O)N[C@H](C(=O)OC)C(C)(C)NC(=O)OC(C)(C)C)cc1. The second-order valence-corrected chi connectivity index (χ2v) is 7.88. The topological polar surface area (TPSA) is 103 Å². The second kappa shape index (κ2) is 10.5. The van der Waals surface area contributed by atoms with Gasteiger partial charge < -0.3 is 24.8 Å². The molecule has 1 aromatic carbocycles. The number of nitrogens with one attached hydrogen (secondary N) is 2. The number of carbonyl (C=O) groups is 3. The van der Waals surface area contributed by atoms with Gasteiger partial charge in [-0.2, -0.15) is 0 Å². The maximum Gasteiger partial charge on any atom is 0.408 e. The Morgan fingerprint density at radius 1 is 1.13 bits per heavy atom. The molecule has 0 bridgehead atoms. The molecular weight excluding hydrogens is 388 g/mol. The van der Waals surface area contributed by atoms with E-state index in [-0.39, 0.29) is 11.3 Å². The molecule has 30 heavy (non-hydrogen) atoms. The lowest BCUT2D eigenvalue weighted by Gasteiger charge is -2.34. The van der Waals surface area contributed by atoms with Crippen LogP contribution in [-0.2, 0) is 14.3 Å². The van der Waals surface area contributed by atoms with Crippen molar-refractivity contribution in [3.8, 4) is 17.6 Å². The highest BCUT2D eigenvalue weighted by Gasteiger charge is 2.39. The molecular formula is C22H30N2O6. The molecule has 0 saturated heterocycles. The molecule has 1 aromatic rings. The van der Waals surface area contributed by atoms with Crippen LogP contribution in [0.2, 0.25) is 0 Å². The summed E-state index contributed by atoms with van der Waals surface area (Å²) >= 11 is 0. The van der Waals surface area contributed by atoms with Crippen molar-refractivity contribution in [1.29, 1.82) is 0 Å². The van der Waals surface area contributed by atoms with Crippen molar-refractivity contribution in [3.63, 3.8) is 0 Å². The van der Waals surface area contributed by atoms with Gasteiger partial charge in [0.25, 0.3) is 5.91 Å². The van der Waals surface area contributed by atoms with Crippen LogP contribution in [0.3, 0.4) is 0 Å². The molecule has 0 aliphatic rings. The summed E-state index contributed by atoms with van der Waals surface area (Å²) in [4.78, 5) is 37.3. The van der Waals surface area contributed by atoms with Crippen LogP contribution < -0.4 is 15.4 Å².